The Bertz CT molecular complexity index is 956. The second-order valence-electron chi connectivity index (χ2n) is 6.78. The van der Waals surface area contributed by atoms with Gasteiger partial charge in [0.25, 0.3) is 0 Å². The number of methoxy groups -OCH3 is 1. The van der Waals surface area contributed by atoms with Gasteiger partial charge in [0.05, 0.1) is 13.2 Å². The summed E-state index contributed by atoms with van der Waals surface area (Å²) < 4.78 is 33.3. The van der Waals surface area contributed by atoms with Crippen molar-refractivity contribution in [1.29, 1.82) is 0 Å². The molecule has 0 fully saturated rings. The lowest BCUT2D eigenvalue weighted by atomic mass is 9.99. The Kier molecular flexibility index (Phi) is 5.53. The summed E-state index contributed by atoms with van der Waals surface area (Å²) in [5, 5.41) is 0. The van der Waals surface area contributed by atoms with Crippen molar-refractivity contribution in [2.75, 3.05) is 13.7 Å². The lowest BCUT2D eigenvalue weighted by Gasteiger charge is -2.31. The highest BCUT2D eigenvalue weighted by atomic mass is 32.2. The standard InChI is InChI=1S/C20H24N2O4S/c1-14-8-9-18(26-3)19(12-14)27(24,25)21-15(2)20(23)22-11-10-16-6-4-5-7-17(16)13-22/h4-9,12,15,21H,10-11,13H2,1-3H3/t15-/m0/s1. The number of hydrogen-bond acceptors (Lipinski definition) is 4. The topological polar surface area (TPSA) is 75.7 Å². The van der Waals surface area contributed by atoms with Crippen molar-refractivity contribution < 1.29 is 17.9 Å². The molecule has 7 heteroatoms. The summed E-state index contributed by atoms with van der Waals surface area (Å²) in [5.41, 5.74) is 3.13. The van der Waals surface area contributed by atoms with E-state index in [1.807, 2.05) is 18.2 Å². The van der Waals surface area contributed by atoms with Gasteiger partial charge in [-0.05, 0) is 49.1 Å². The van der Waals surface area contributed by atoms with Crippen molar-refractivity contribution in [2.24, 2.45) is 0 Å². The van der Waals surface area contributed by atoms with Gasteiger partial charge in [-0.1, -0.05) is 30.3 Å². The summed E-state index contributed by atoms with van der Waals surface area (Å²) in [6.45, 7) is 4.45. The molecule has 0 unspecified atom stereocenters. The first kappa shape index (κ1) is 19.4. The van der Waals surface area contributed by atoms with Crippen LogP contribution in [0, 0.1) is 6.92 Å². The average Bonchev–Trinajstić information content (AvgIpc) is 2.66. The van der Waals surface area contributed by atoms with Crippen LogP contribution in [-0.4, -0.2) is 38.9 Å². The van der Waals surface area contributed by atoms with E-state index in [9.17, 15) is 13.2 Å². The second kappa shape index (κ2) is 7.70. The van der Waals surface area contributed by atoms with Crippen LogP contribution in [0.15, 0.2) is 47.4 Å². The number of benzene rings is 2. The second-order valence-corrected chi connectivity index (χ2v) is 8.46. The third-order valence-corrected chi connectivity index (χ3v) is 6.32. The van der Waals surface area contributed by atoms with Crippen LogP contribution in [0.5, 0.6) is 5.75 Å². The lowest BCUT2D eigenvalue weighted by Crippen LogP contribution is -2.48. The van der Waals surface area contributed by atoms with E-state index in [4.69, 9.17) is 4.74 Å². The van der Waals surface area contributed by atoms with Crippen molar-refractivity contribution in [3.05, 3.63) is 59.2 Å². The minimum atomic E-state index is -3.89. The average molecular weight is 388 g/mol. The highest BCUT2D eigenvalue weighted by molar-refractivity contribution is 7.89. The Morgan fingerprint density at radius 2 is 1.89 bits per heavy atom. The third kappa shape index (κ3) is 4.14. The maximum Gasteiger partial charge on any atom is 0.244 e. The largest absolute Gasteiger partial charge is 0.495 e. The molecule has 144 valence electrons. The molecule has 2 aromatic rings. The van der Waals surface area contributed by atoms with E-state index in [0.717, 1.165) is 17.5 Å². The Morgan fingerprint density at radius 3 is 2.59 bits per heavy atom. The molecular formula is C20H24N2O4S. The normalized spacial score (nSPS) is 15.1. The Hall–Kier alpha value is -2.38. The molecular weight excluding hydrogens is 364 g/mol. The van der Waals surface area contributed by atoms with Gasteiger partial charge in [0.2, 0.25) is 15.9 Å². The summed E-state index contributed by atoms with van der Waals surface area (Å²) in [6.07, 6.45) is 0.771. The molecule has 1 aliphatic heterocycles. The molecule has 1 N–H and O–H groups in total. The predicted molar refractivity (Wildman–Crippen MR) is 103 cm³/mol. The summed E-state index contributed by atoms with van der Waals surface area (Å²) in [4.78, 5) is 14.5. The van der Waals surface area contributed by atoms with Gasteiger partial charge in [0.15, 0.2) is 0 Å². The highest BCUT2D eigenvalue weighted by Crippen LogP contribution is 2.25. The van der Waals surface area contributed by atoms with E-state index in [1.54, 1.807) is 30.9 Å². The number of nitrogens with one attached hydrogen (secondary N) is 1. The number of rotatable bonds is 5. The van der Waals surface area contributed by atoms with Gasteiger partial charge in [-0.2, -0.15) is 4.72 Å². The van der Waals surface area contributed by atoms with E-state index < -0.39 is 16.1 Å². The Morgan fingerprint density at radius 1 is 1.19 bits per heavy atom. The molecule has 1 heterocycles. The third-order valence-electron chi connectivity index (χ3n) is 4.75. The Labute approximate surface area is 160 Å². The maximum absolute atomic E-state index is 12.8. The molecule has 0 radical (unpaired) electrons. The molecule has 0 saturated heterocycles. The van der Waals surface area contributed by atoms with Gasteiger partial charge in [0.1, 0.15) is 10.6 Å². The fourth-order valence-corrected chi connectivity index (χ4v) is 4.75. The molecule has 6 nitrogen and oxygen atoms in total. The van der Waals surface area contributed by atoms with Gasteiger partial charge in [-0.3, -0.25) is 4.79 Å². The molecule has 1 amide bonds. The number of carbonyl (C=O) groups is 1. The van der Waals surface area contributed by atoms with Gasteiger partial charge < -0.3 is 9.64 Å². The minimum Gasteiger partial charge on any atom is -0.495 e. The molecule has 1 atom stereocenters. The van der Waals surface area contributed by atoms with Gasteiger partial charge in [0, 0.05) is 13.1 Å². The number of aryl methyl sites for hydroxylation is 1. The van der Waals surface area contributed by atoms with E-state index in [1.165, 1.54) is 18.7 Å². The minimum absolute atomic E-state index is 0.0358. The number of hydrogen-bond donors (Lipinski definition) is 1. The van der Waals surface area contributed by atoms with Crippen molar-refractivity contribution >= 4 is 15.9 Å². The molecule has 0 aliphatic carbocycles. The molecule has 0 saturated carbocycles. The summed E-state index contributed by atoms with van der Waals surface area (Å²) in [6, 6.07) is 12.1. The van der Waals surface area contributed by atoms with Crippen LogP contribution in [0.3, 0.4) is 0 Å². The van der Waals surface area contributed by atoms with Crippen LogP contribution in [0.25, 0.3) is 0 Å². The van der Waals surface area contributed by atoms with Crippen molar-refractivity contribution in [3.63, 3.8) is 0 Å². The zero-order valence-electron chi connectivity index (χ0n) is 15.7. The molecule has 0 bridgehead atoms. The van der Waals surface area contributed by atoms with Crippen LogP contribution in [0.4, 0.5) is 0 Å². The lowest BCUT2D eigenvalue weighted by molar-refractivity contribution is -0.133. The predicted octanol–water partition coefficient (Wildman–Crippen LogP) is 2.26. The highest BCUT2D eigenvalue weighted by Gasteiger charge is 2.29. The molecule has 27 heavy (non-hydrogen) atoms. The molecule has 3 rings (SSSR count). The molecule has 0 aromatic heterocycles. The fourth-order valence-electron chi connectivity index (χ4n) is 3.30. The van der Waals surface area contributed by atoms with Gasteiger partial charge >= 0.3 is 0 Å². The summed E-state index contributed by atoms with van der Waals surface area (Å²) >= 11 is 0. The SMILES string of the molecule is COc1ccc(C)cc1S(=O)(=O)N[C@@H](C)C(=O)N1CCc2ccccc2C1. The summed E-state index contributed by atoms with van der Waals surface area (Å²) in [5.74, 6) is 0.0133. The van der Waals surface area contributed by atoms with E-state index in [-0.39, 0.29) is 16.6 Å². The number of sulfonamides is 1. The van der Waals surface area contributed by atoms with Crippen molar-refractivity contribution in [3.8, 4) is 5.75 Å². The molecule has 0 spiro atoms. The fraction of sp³-hybridized carbons (Fsp3) is 0.350. The molecule has 1 aliphatic rings. The van der Waals surface area contributed by atoms with Crippen LogP contribution < -0.4 is 9.46 Å². The number of ether oxygens (including phenoxy) is 1. The van der Waals surface area contributed by atoms with E-state index >= 15 is 0 Å². The van der Waals surface area contributed by atoms with Crippen LogP contribution in [-0.2, 0) is 27.8 Å². The van der Waals surface area contributed by atoms with Crippen LogP contribution >= 0.6 is 0 Å². The summed E-state index contributed by atoms with van der Waals surface area (Å²) in [7, 11) is -2.47. The number of amides is 1. The number of carbonyl (C=O) groups excluding carboxylic acids is 1. The smallest absolute Gasteiger partial charge is 0.244 e. The number of fused-ring (bicyclic) bond motifs is 1. The first-order chi connectivity index (χ1) is 12.8. The first-order valence-electron chi connectivity index (χ1n) is 8.84. The monoisotopic (exact) mass is 388 g/mol. The van der Waals surface area contributed by atoms with Gasteiger partial charge in [-0.25, -0.2) is 8.42 Å². The maximum atomic E-state index is 12.8. The van der Waals surface area contributed by atoms with E-state index in [2.05, 4.69) is 10.8 Å². The van der Waals surface area contributed by atoms with Gasteiger partial charge in [-0.15, -0.1) is 0 Å². The first-order valence-corrected chi connectivity index (χ1v) is 10.3. The van der Waals surface area contributed by atoms with Crippen molar-refractivity contribution in [2.45, 2.75) is 37.8 Å². The van der Waals surface area contributed by atoms with Crippen LogP contribution in [0.2, 0.25) is 0 Å². The van der Waals surface area contributed by atoms with Crippen molar-refractivity contribution in [1.82, 2.24) is 9.62 Å². The molecule has 2 aromatic carbocycles. The zero-order chi connectivity index (χ0) is 19.6. The number of nitrogens with zero attached hydrogens (tertiary/aromatic N) is 1. The van der Waals surface area contributed by atoms with E-state index in [0.29, 0.717) is 13.1 Å². The van der Waals surface area contributed by atoms with Crippen LogP contribution in [0.1, 0.15) is 23.6 Å². The Balaban J connectivity index is 1.76. The quantitative estimate of drug-likeness (QED) is 0.852. The zero-order valence-corrected chi connectivity index (χ0v) is 16.5.